The minimum Gasteiger partial charge on any atom is -0.356 e. The molecule has 0 bridgehead atoms. The van der Waals surface area contributed by atoms with Gasteiger partial charge in [0.1, 0.15) is 0 Å². The third kappa shape index (κ3) is 8.15. The summed E-state index contributed by atoms with van der Waals surface area (Å²) in [4.78, 5) is 2.40. The van der Waals surface area contributed by atoms with Crippen LogP contribution in [-0.4, -0.2) is 0 Å². The molecule has 0 heterocycles. The Labute approximate surface area is 365 Å². The van der Waals surface area contributed by atoms with Crippen molar-refractivity contribution in [1.82, 2.24) is 0 Å². The largest absolute Gasteiger partial charge is 0.356 e. The highest BCUT2D eigenvalue weighted by Crippen LogP contribution is 2.46. The van der Waals surface area contributed by atoms with E-state index in [2.05, 4.69) is 265 Å². The molecule has 1 aliphatic rings. The number of benzene rings is 9. The van der Waals surface area contributed by atoms with Crippen LogP contribution in [0.25, 0.3) is 55.6 Å². The lowest BCUT2D eigenvalue weighted by Gasteiger charge is -2.30. The van der Waals surface area contributed by atoms with Gasteiger partial charge in [0.05, 0.1) is 0 Å². The van der Waals surface area contributed by atoms with Gasteiger partial charge in [-0.15, -0.1) is 0 Å². The van der Waals surface area contributed by atoms with E-state index in [1.165, 1.54) is 61.3 Å². The second kappa shape index (κ2) is 17.7. The summed E-state index contributed by atoms with van der Waals surface area (Å²) in [7, 11) is 0. The minimum absolute atomic E-state index is 0.353. The molecule has 9 aromatic rings. The van der Waals surface area contributed by atoms with Crippen LogP contribution in [-0.2, 0) is 0 Å². The molecule has 1 atom stereocenters. The Hall–Kier alpha value is -7.94. The van der Waals surface area contributed by atoms with E-state index >= 15 is 0 Å². The van der Waals surface area contributed by atoms with Crippen LogP contribution in [0.4, 0.5) is 22.7 Å². The molecule has 0 aromatic heterocycles. The minimum atomic E-state index is 0.353. The van der Waals surface area contributed by atoms with Crippen LogP contribution >= 0.6 is 0 Å². The zero-order valence-corrected chi connectivity index (χ0v) is 34.5. The Morgan fingerprint density at radius 3 is 1.48 bits per heavy atom. The van der Waals surface area contributed by atoms with E-state index in [0.29, 0.717) is 5.92 Å². The van der Waals surface area contributed by atoms with E-state index < -0.39 is 0 Å². The zero-order chi connectivity index (χ0) is 41.5. The van der Waals surface area contributed by atoms with Crippen LogP contribution in [0.5, 0.6) is 0 Å². The smallest absolute Gasteiger partial charge is 0.0468 e. The van der Waals surface area contributed by atoms with Crippen molar-refractivity contribution in [2.24, 2.45) is 0 Å². The van der Waals surface area contributed by atoms with Gasteiger partial charge < -0.3 is 10.2 Å². The molecule has 1 unspecified atom stereocenters. The number of para-hydroxylation sites is 1. The number of nitrogens with one attached hydrogen (secondary N) is 1. The average Bonchev–Trinajstić information content (AvgIpc) is 3.36. The van der Waals surface area contributed by atoms with E-state index in [9.17, 15) is 0 Å². The van der Waals surface area contributed by atoms with Gasteiger partial charge >= 0.3 is 0 Å². The highest BCUT2D eigenvalue weighted by molar-refractivity contribution is 5.99. The fourth-order valence-electron chi connectivity index (χ4n) is 8.72. The molecule has 2 heteroatoms. The van der Waals surface area contributed by atoms with E-state index in [1.54, 1.807) is 0 Å². The van der Waals surface area contributed by atoms with E-state index in [0.717, 1.165) is 34.7 Å². The molecule has 0 fully saturated rings. The van der Waals surface area contributed by atoms with Crippen molar-refractivity contribution in [2.45, 2.75) is 12.3 Å². The Kier molecular flexibility index (Phi) is 10.9. The Morgan fingerprint density at radius 2 is 0.887 bits per heavy atom. The van der Waals surface area contributed by atoms with E-state index in [-0.39, 0.29) is 0 Å². The van der Waals surface area contributed by atoms with Crippen LogP contribution in [0.3, 0.4) is 0 Å². The SMILES string of the molecule is C1=CC(c2ccccc2)CC=C1N(c1ccccc1)c1ccc(-c2cccc(-c3ccccc3)c2-c2ccc(Nc3ccc(-c4ccccc4)cc3)cc2)c(-c2ccccc2)c1. The fraction of sp³-hybridized carbons (Fsp3) is 0.0333. The van der Waals surface area contributed by atoms with Crippen molar-refractivity contribution in [3.8, 4) is 55.6 Å². The van der Waals surface area contributed by atoms with Crippen LogP contribution in [0.15, 0.2) is 261 Å². The van der Waals surface area contributed by atoms with Crippen LogP contribution < -0.4 is 10.2 Å². The maximum atomic E-state index is 3.64. The van der Waals surface area contributed by atoms with Gasteiger partial charge in [-0.1, -0.05) is 200 Å². The summed E-state index contributed by atoms with van der Waals surface area (Å²) in [5, 5.41) is 3.64. The maximum Gasteiger partial charge on any atom is 0.0468 e. The molecule has 0 aliphatic heterocycles. The summed E-state index contributed by atoms with van der Waals surface area (Å²) in [6.45, 7) is 0. The third-order valence-electron chi connectivity index (χ3n) is 11.8. The van der Waals surface area contributed by atoms with E-state index in [4.69, 9.17) is 0 Å². The summed E-state index contributed by atoms with van der Waals surface area (Å²) < 4.78 is 0. The Morgan fingerprint density at radius 1 is 0.371 bits per heavy atom. The maximum absolute atomic E-state index is 3.64. The molecule has 296 valence electrons. The van der Waals surface area contributed by atoms with Crippen molar-refractivity contribution in [3.63, 3.8) is 0 Å². The van der Waals surface area contributed by atoms with Gasteiger partial charge in [0, 0.05) is 34.4 Å². The van der Waals surface area contributed by atoms with Crippen molar-refractivity contribution in [2.75, 3.05) is 10.2 Å². The average molecular weight is 795 g/mol. The normalized spacial score (nSPS) is 13.3. The Balaban J connectivity index is 1.06. The summed E-state index contributed by atoms with van der Waals surface area (Å²) >= 11 is 0. The molecule has 0 saturated carbocycles. The standard InChI is InChI=1S/C60H46N2/c1-6-17-44(18-7-1)46-29-35-51(36-30-46)61-52-37-31-50(32-38-52)60-56(48-21-10-3-11-22-48)27-16-28-58(60)57-42-41-55(43-59(57)49-23-12-4-13-24-49)62(53-25-14-5-15-26-53)54-39-33-47(34-40-54)45-19-8-2-9-20-45/h1-33,35-43,47,61H,34H2. The van der Waals surface area contributed by atoms with Gasteiger partial charge in [0.15, 0.2) is 0 Å². The van der Waals surface area contributed by atoms with Gasteiger partial charge in [-0.3, -0.25) is 0 Å². The summed E-state index contributed by atoms with van der Waals surface area (Å²) in [5.74, 6) is 0.353. The van der Waals surface area contributed by atoms with Gasteiger partial charge in [-0.2, -0.15) is 0 Å². The van der Waals surface area contributed by atoms with Gasteiger partial charge in [0.25, 0.3) is 0 Å². The Bertz CT molecular complexity index is 2960. The number of nitrogens with zero attached hydrogens (tertiary/aromatic N) is 1. The second-order valence-electron chi connectivity index (χ2n) is 15.7. The molecule has 0 spiro atoms. The molecular weight excluding hydrogens is 749 g/mol. The van der Waals surface area contributed by atoms with E-state index in [1.807, 2.05) is 0 Å². The number of rotatable bonds is 11. The van der Waals surface area contributed by atoms with Gasteiger partial charge in [-0.25, -0.2) is 0 Å². The second-order valence-corrected chi connectivity index (χ2v) is 15.7. The van der Waals surface area contributed by atoms with Crippen molar-refractivity contribution in [1.29, 1.82) is 0 Å². The fourth-order valence-corrected chi connectivity index (χ4v) is 8.72. The summed E-state index contributed by atoms with van der Waals surface area (Å²) in [6.07, 6.45) is 7.98. The predicted molar refractivity (Wildman–Crippen MR) is 263 cm³/mol. The van der Waals surface area contributed by atoms with Gasteiger partial charge in [0.2, 0.25) is 0 Å². The molecule has 10 rings (SSSR count). The molecule has 9 aromatic carbocycles. The lowest BCUT2D eigenvalue weighted by Crippen LogP contribution is -2.17. The van der Waals surface area contributed by atoms with Crippen LogP contribution in [0, 0.1) is 0 Å². The van der Waals surface area contributed by atoms with Crippen LogP contribution in [0.2, 0.25) is 0 Å². The first-order valence-electron chi connectivity index (χ1n) is 21.4. The lowest BCUT2D eigenvalue weighted by atomic mass is 9.84. The quantitative estimate of drug-likeness (QED) is 0.140. The molecule has 1 N–H and O–H groups in total. The highest BCUT2D eigenvalue weighted by Gasteiger charge is 2.22. The number of anilines is 4. The number of allylic oxidation sites excluding steroid dienone is 3. The predicted octanol–water partition coefficient (Wildman–Crippen LogP) is 16.5. The summed E-state index contributed by atoms with van der Waals surface area (Å²) in [5.41, 5.74) is 18.7. The van der Waals surface area contributed by atoms with Crippen molar-refractivity contribution in [3.05, 3.63) is 266 Å². The first-order valence-corrected chi connectivity index (χ1v) is 21.4. The number of hydrogen-bond donors (Lipinski definition) is 1. The van der Waals surface area contributed by atoms with Crippen molar-refractivity contribution < 1.29 is 0 Å². The molecule has 1 aliphatic carbocycles. The van der Waals surface area contributed by atoms with Crippen molar-refractivity contribution >= 4 is 22.7 Å². The molecule has 0 saturated heterocycles. The first kappa shape index (κ1) is 38.3. The van der Waals surface area contributed by atoms with Gasteiger partial charge in [-0.05, 0) is 122 Å². The first-order chi connectivity index (χ1) is 30.7. The molecule has 0 radical (unpaired) electrons. The topological polar surface area (TPSA) is 15.3 Å². The lowest BCUT2D eigenvalue weighted by molar-refractivity contribution is 0.840. The van der Waals surface area contributed by atoms with Crippen LogP contribution in [0.1, 0.15) is 17.9 Å². The zero-order valence-electron chi connectivity index (χ0n) is 34.5. The monoisotopic (exact) mass is 794 g/mol. The molecule has 62 heavy (non-hydrogen) atoms. The number of hydrogen-bond acceptors (Lipinski definition) is 2. The molecular formula is C60H46N2. The molecule has 2 nitrogen and oxygen atoms in total. The third-order valence-corrected chi connectivity index (χ3v) is 11.8. The molecule has 0 amide bonds. The highest BCUT2D eigenvalue weighted by atomic mass is 15.1. The summed E-state index contributed by atoms with van der Waals surface area (Å²) in [6, 6.07) is 84.9.